The molecule has 0 radical (unpaired) electrons. The molecule has 0 bridgehead atoms. The van der Waals surface area contributed by atoms with Crippen LogP contribution in [-0.4, -0.2) is 31.4 Å². The second-order valence-electron chi connectivity index (χ2n) is 7.60. The highest BCUT2D eigenvalue weighted by Crippen LogP contribution is 2.27. The Morgan fingerprint density at radius 1 is 1.09 bits per heavy atom. The average molecular weight is 440 g/mol. The van der Waals surface area contributed by atoms with Gasteiger partial charge in [-0.15, -0.1) is 0 Å². The van der Waals surface area contributed by atoms with Crippen LogP contribution in [0.5, 0.6) is 0 Å². The van der Waals surface area contributed by atoms with E-state index in [0.29, 0.717) is 28.0 Å². The molecular weight excluding hydrogens is 420 g/mol. The summed E-state index contributed by atoms with van der Waals surface area (Å²) in [6.07, 6.45) is 4.20. The van der Waals surface area contributed by atoms with Crippen molar-refractivity contribution >= 4 is 34.5 Å². The van der Waals surface area contributed by atoms with E-state index in [9.17, 15) is 9.59 Å². The van der Waals surface area contributed by atoms with Crippen LogP contribution in [-0.2, 0) is 0 Å². The van der Waals surface area contributed by atoms with Gasteiger partial charge in [0, 0.05) is 23.1 Å². The largest absolute Gasteiger partial charge is 0.382 e. The van der Waals surface area contributed by atoms with Crippen molar-refractivity contribution < 1.29 is 9.59 Å². The lowest BCUT2D eigenvalue weighted by Gasteiger charge is -2.08. The van der Waals surface area contributed by atoms with Crippen molar-refractivity contribution in [3.63, 3.8) is 0 Å². The summed E-state index contributed by atoms with van der Waals surface area (Å²) in [6, 6.07) is 11.2. The third-order valence-electron chi connectivity index (χ3n) is 4.98. The molecule has 2 amide bonds. The molecule has 0 aliphatic heterocycles. The molecule has 0 aliphatic rings. The first-order valence-electron chi connectivity index (χ1n) is 10.1. The van der Waals surface area contributed by atoms with Crippen LogP contribution < -0.4 is 16.4 Å². The zero-order valence-corrected chi connectivity index (χ0v) is 17.9. The van der Waals surface area contributed by atoms with E-state index in [2.05, 4.69) is 25.7 Å². The van der Waals surface area contributed by atoms with Crippen LogP contribution in [0.2, 0.25) is 0 Å². The molecule has 0 aliphatic carbocycles. The summed E-state index contributed by atoms with van der Waals surface area (Å²) in [6.45, 7) is 3.99. The zero-order chi connectivity index (χ0) is 23.5. The number of amides is 2. The number of nitrogen functional groups attached to an aromatic ring is 1. The first kappa shape index (κ1) is 21.5. The molecule has 4 N–H and O–H groups in total. The standard InChI is InChI=1S/C23H20N8O2/c1-13(2)19-8-18(20-22(25)27-12-28-31(19)20)21(32)15-7-17(11-26-10-15)30-23(33)29-16-5-3-14(9-24)4-6-16/h3-8,10-13H,1-2H3,(H2,25,27,28)(H2,29,30,33). The van der Waals surface area contributed by atoms with Crippen LogP contribution in [0.25, 0.3) is 5.52 Å². The molecule has 3 heterocycles. The quantitative estimate of drug-likeness (QED) is 0.401. The van der Waals surface area contributed by atoms with Crippen LogP contribution in [0.15, 0.2) is 55.1 Å². The van der Waals surface area contributed by atoms with E-state index in [-0.39, 0.29) is 23.1 Å². The van der Waals surface area contributed by atoms with Gasteiger partial charge in [0.15, 0.2) is 11.6 Å². The predicted molar refractivity (Wildman–Crippen MR) is 123 cm³/mol. The van der Waals surface area contributed by atoms with Crippen molar-refractivity contribution in [1.29, 1.82) is 5.26 Å². The Balaban J connectivity index is 1.58. The van der Waals surface area contributed by atoms with E-state index >= 15 is 0 Å². The van der Waals surface area contributed by atoms with Crippen LogP contribution in [0.3, 0.4) is 0 Å². The van der Waals surface area contributed by atoms with Crippen LogP contribution in [0, 0.1) is 11.3 Å². The first-order valence-corrected chi connectivity index (χ1v) is 10.1. The highest BCUT2D eigenvalue weighted by molar-refractivity contribution is 6.15. The number of hydrogen-bond acceptors (Lipinski definition) is 7. The highest BCUT2D eigenvalue weighted by Gasteiger charge is 2.22. The molecule has 164 valence electrons. The average Bonchev–Trinajstić information content (AvgIpc) is 3.20. The topological polar surface area (TPSA) is 151 Å². The van der Waals surface area contributed by atoms with Gasteiger partial charge >= 0.3 is 6.03 Å². The molecule has 0 saturated carbocycles. The van der Waals surface area contributed by atoms with E-state index in [1.165, 1.54) is 24.8 Å². The molecular formula is C23H20N8O2. The lowest BCUT2D eigenvalue weighted by Crippen LogP contribution is -2.19. The predicted octanol–water partition coefficient (Wildman–Crippen LogP) is 3.58. The summed E-state index contributed by atoms with van der Waals surface area (Å²) in [5.74, 6) is -0.0146. The van der Waals surface area contributed by atoms with Crippen LogP contribution >= 0.6 is 0 Å². The number of nitrogens with one attached hydrogen (secondary N) is 2. The summed E-state index contributed by atoms with van der Waals surface area (Å²) in [4.78, 5) is 33.8. The second kappa shape index (κ2) is 8.76. The van der Waals surface area contributed by atoms with Crippen molar-refractivity contribution in [3.8, 4) is 6.07 Å². The molecule has 3 aromatic heterocycles. The molecule has 0 spiro atoms. The summed E-state index contributed by atoms with van der Waals surface area (Å²) >= 11 is 0. The van der Waals surface area contributed by atoms with Crippen molar-refractivity contribution in [3.05, 3.63) is 77.5 Å². The van der Waals surface area contributed by atoms with Gasteiger partial charge in [0.2, 0.25) is 0 Å². The van der Waals surface area contributed by atoms with Crippen molar-refractivity contribution in [2.75, 3.05) is 16.4 Å². The van der Waals surface area contributed by atoms with Gasteiger partial charge < -0.3 is 16.4 Å². The molecule has 33 heavy (non-hydrogen) atoms. The molecule has 1 aromatic carbocycles. The van der Waals surface area contributed by atoms with Gasteiger partial charge in [-0.2, -0.15) is 10.4 Å². The smallest absolute Gasteiger partial charge is 0.323 e. The molecule has 0 saturated heterocycles. The molecule has 0 fully saturated rings. The van der Waals surface area contributed by atoms with Gasteiger partial charge in [-0.3, -0.25) is 9.78 Å². The normalized spacial score (nSPS) is 10.7. The van der Waals surface area contributed by atoms with Crippen molar-refractivity contribution in [1.82, 2.24) is 19.6 Å². The summed E-state index contributed by atoms with van der Waals surface area (Å²) in [5.41, 5.74) is 9.29. The van der Waals surface area contributed by atoms with Crippen molar-refractivity contribution in [2.24, 2.45) is 0 Å². The van der Waals surface area contributed by atoms with Crippen LogP contribution in [0.1, 0.15) is 46.9 Å². The number of pyridine rings is 1. The minimum Gasteiger partial charge on any atom is -0.382 e. The zero-order valence-electron chi connectivity index (χ0n) is 17.9. The minimum atomic E-state index is -0.514. The maximum Gasteiger partial charge on any atom is 0.323 e. The van der Waals surface area contributed by atoms with Gasteiger partial charge in [-0.25, -0.2) is 14.3 Å². The Labute approximate surface area is 189 Å². The number of ketones is 1. The SMILES string of the molecule is CC(C)c1cc(C(=O)c2cncc(NC(=O)Nc3ccc(C#N)cc3)c2)c2c(N)ncnn12. The number of urea groups is 1. The lowest BCUT2D eigenvalue weighted by molar-refractivity contribution is 0.104. The summed E-state index contributed by atoms with van der Waals surface area (Å²) < 4.78 is 1.63. The number of nitrogens with zero attached hydrogens (tertiary/aromatic N) is 5. The van der Waals surface area contributed by atoms with Gasteiger partial charge in [0.05, 0.1) is 29.1 Å². The Kier molecular flexibility index (Phi) is 5.69. The minimum absolute atomic E-state index is 0.102. The Morgan fingerprint density at radius 3 is 2.52 bits per heavy atom. The Morgan fingerprint density at radius 2 is 1.82 bits per heavy atom. The van der Waals surface area contributed by atoms with Gasteiger partial charge in [-0.1, -0.05) is 13.8 Å². The molecule has 0 atom stereocenters. The number of carbonyl (C=O) groups is 2. The first-order chi connectivity index (χ1) is 15.9. The summed E-state index contributed by atoms with van der Waals surface area (Å²) in [5, 5.41) is 18.4. The third-order valence-corrected chi connectivity index (χ3v) is 4.98. The maximum atomic E-state index is 13.3. The van der Waals surface area contributed by atoms with Gasteiger partial charge in [0.1, 0.15) is 11.8 Å². The number of nitrogens with two attached hydrogens (primary N) is 1. The van der Waals surface area contributed by atoms with Crippen LogP contribution in [0.4, 0.5) is 22.0 Å². The fourth-order valence-corrected chi connectivity index (χ4v) is 3.39. The number of aromatic nitrogens is 4. The molecule has 10 heteroatoms. The molecule has 10 nitrogen and oxygen atoms in total. The number of nitriles is 1. The molecule has 0 unspecified atom stereocenters. The number of rotatable bonds is 5. The highest BCUT2D eigenvalue weighted by atomic mass is 16.2. The third kappa shape index (κ3) is 4.33. The fraction of sp³-hybridized carbons (Fsp3) is 0.130. The lowest BCUT2D eigenvalue weighted by atomic mass is 10.0. The van der Waals surface area contributed by atoms with Gasteiger partial charge in [0.25, 0.3) is 0 Å². The molecule has 4 aromatic rings. The second-order valence-corrected chi connectivity index (χ2v) is 7.60. The van der Waals surface area contributed by atoms with E-state index in [0.717, 1.165) is 5.69 Å². The van der Waals surface area contributed by atoms with E-state index in [1.807, 2.05) is 19.9 Å². The Bertz CT molecular complexity index is 1400. The molecule has 4 rings (SSSR count). The maximum absolute atomic E-state index is 13.3. The van der Waals surface area contributed by atoms with Gasteiger partial charge in [-0.05, 0) is 42.3 Å². The monoisotopic (exact) mass is 440 g/mol. The van der Waals surface area contributed by atoms with Crippen molar-refractivity contribution in [2.45, 2.75) is 19.8 Å². The number of anilines is 3. The Hall–Kier alpha value is -4.78. The van der Waals surface area contributed by atoms with E-state index < -0.39 is 6.03 Å². The summed E-state index contributed by atoms with van der Waals surface area (Å²) in [7, 11) is 0. The van der Waals surface area contributed by atoms with E-state index in [4.69, 9.17) is 11.0 Å². The number of hydrogen-bond donors (Lipinski definition) is 3. The van der Waals surface area contributed by atoms with E-state index in [1.54, 1.807) is 34.8 Å². The number of carbonyl (C=O) groups excluding carboxylic acids is 2. The number of benzene rings is 1. The number of fused-ring (bicyclic) bond motifs is 1. The fourth-order valence-electron chi connectivity index (χ4n) is 3.39.